The number of nitrogens with two attached hydrogens (primary N) is 1. The zero-order valence-corrected chi connectivity index (χ0v) is 13.6. The Morgan fingerprint density at radius 3 is 2.39 bits per heavy atom. The molecule has 2 unspecified atom stereocenters. The normalized spacial score (nSPS) is 24.1. The average Bonchev–Trinajstić information content (AvgIpc) is 2.50. The molecule has 2 fully saturated rings. The second kappa shape index (κ2) is 7.08. The maximum atomic E-state index is 12.8. The zero-order chi connectivity index (χ0) is 17.1. The van der Waals surface area contributed by atoms with Crippen LogP contribution < -0.4 is 11.1 Å². The van der Waals surface area contributed by atoms with Crippen molar-refractivity contribution in [1.29, 1.82) is 0 Å². The van der Waals surface area contributed by atoms with Crippen molar-refractivity contribution in [1.82, 2.24) is 15.3 Å². The topological polar surface area (TPSA) is 113 Å². The number of hydrogen-bond donors (Lipinski definition) is 2. The molecule has 2 aliphatic rings. The van der Waals surface area contributed by atoms with Crippen molar-refractivity contribution in [2.75, 3.05) is 6.54 Å². The number of rotatable bonds is 3. The van der Waals surface area contributed by atoms with Gasteiger partial charge in [0, 0.05) is 6.92 Å². The van der Waals surface area contributed by atoms with E-state index < -0.39 is 29.8 Å². The van der Waals surface area contributed by atoms with E-state index in [0.717, 1.165) is 37.1 Å². The number of nitrogens with one attached hydrogen (secondary N) is 1. The number of carbonyl (C=O) groups is 4. The molecule has 2 rings (SSSR count). The zero-order valence-electron chi connectivity index (χ0n) is 13.6. The summed E-state index contributed by atoms with van der Waals surface area (Å²) in [4.78, 5) is 48.8. The highest BCUT2D eigenvalue weighted by atomic mass is 16.2. The van der Waals surface area contributed by atoms with Crippen molar-refractivity contribution in [3.05, 3.63) is 0 Å². The molecule has 0 radical (unpaired) electrons. The van der Waals surface area contributed by atoms with Gasteiger partial charge in [-0.3, -0.25) is 19.2 Å². The predicted molar refractivity (Wildman–Crippen MR) is 81.4 cm³/mol. The second-order valence-electron chi connectivity index (χ2n) is 6.30. The van der Waals surface area contributed by atoms with E-state index in [1.807, 2.05) is 0 Å². The summed E-state index contributed by atoms with van der Waals surface area (Å²) in [5.74, 6) is -2.06. The van der Waals surface area contributed by atoms with Crippen LogP contribution in [0.4, 0.5) is 0 Å². The third-order valence-corrected chi connectivity index (χ3v) is 4.39. The first-order valence-corrected chi connectivity index (χ1v) is 8.03. The molecule has 1 saturated heterocycles. The van der Waals surface area contributed by atoms with Crippen molar-refractivity contribution in [2.45, 2.75) is 58.0 Å². The first-order valence-electron chi connectivity index (χ1n) is 8.03. The fourth-order valence-electron chi connectivity index (χ4n) is 3.25. The van der Waals surface area contributed by atoms with Gasteiger partial charge >= 0.3 is 0 Å². The molecular formula is C15H24N4O4. The van der Waals surface area contributed by atoms with Crippen LogP contribution in [-0.4, -0.2) is 52.3 Å². The first kappa shape index (κ1) is 17.4. The predicted octanol–water partition coefficient (Wildman–Crippen LogP) is -0.469. The summed E-state index contributed by atoms with van der Waals surface area (Å²) in [6.07, 6.45) is 4.86. The molecular weight excluding hydrogens is 300 g/mol. The van der Waals surface area contributed by atoms with Crippen molar-refractivity contribution < 1.29 is 19.2 Å². The van der Waals surface area contributed by atoms with Crippen molar-refractivity contribution >= 4 is 23.6 Å². The van der Waals surface area contributed by atoms with Crippen LogP contribution in [-0.2, 0) is 19.2 Å². The molecule has 128 valence electrons. The lowest BCUT2D eigenvalue weighted by Crippen LogP contribution is -2.67. The molecule has 0 spiro atoms. The molecule has 4 amide bonds. The number of carbonyl (C=O) groups excluding carboxylic acids is 4. The summed E-state index contributed by atoms with van der Waals surface area (Å²) >= 11 is 0. The summed E-state index contributed by atoms with van der Waals surface area (Å²) in [6, 6.07) is -1.62. The lowest BCUT2D eigenvalue weighted by atomic mass is 9.83. The monoisotopic (exact) mass is 324 g/mol. The van der Waals surface area contributed by atoms with Crippen molar-refractivity contribution in [3.8, 4) is 0 Å². The number of nitrogens with zero attached hydrogens (tertiary/aromatic N) is 2. The van der Waals surface area contributed by atoms with Crippen LogP contribution in [0.1, 0.15) is 46.0 Å². The molecule has 1 saturated carbocycles. The van der Waals surface area contributed by atoms with Gasteiger partial charge in [-0.15, -0.1) is 0 Å². The van der Waals surface area contributed by atoms with Crippen LogP contribution in [0.15, 0.2) is 0 Å². The highest BCUT2D eigenvalue weighted by Gasteiger charge is 2.43. The minimum Gasteiger partial charge on any atom is -0.342 e. The Bertz CT molecular complexity index is 514. The lowest BCUT2D eigenvalue weighted by molar-refractivity contribution is -0.179. The molecule has 1 heterocycles. The van der Waals surface area contributed by atoms with E-state index in [1.165, 1.54) is 13.8 Å². The van der Waals surface area contributed by atoms with E-state index in [1.54, 1.807) is 0 Å². The molecule has 8 heteroatoms. The molecule has 1 aliphatic heterocycles. The van der Waals surface area contributed by atoms with Crippen LogP contribution in [0.3, 0.4) is 0 Å². The van der Waals surface area contributed by atoms with E-state index >= 15 is 0 Å². The van der Waals surface area contributed by atoms with Crippen molar-refractivity contribution in [2.24, 2.45) is 11.7 Å². The van der Waals surface area contributed by atoms with E-state index in [9.17, 15) is 19.2 Å². The molecule has 0 bridgehead atoms. The van der Waals surface area contributed by atoms with Gasteiger partial charge in [0.15, 0.2) is 0 Å². The van der Waals surface area contributed by atoms with Crippen LogP contribution in [0, 0.1) is 5.92 Å². The number of hydrazine groups is 1. The van der Waals surface area contributed by atoms with Gasteiger partial charge in [0.1, 0.15) is 12.6 Å². The van der Waals surface area contributed by atoms with Crippen LogP contribution >= 0.6 is 0 Å². The van der Waals surface area contributed by atoms with Gasteiger partial charge in [-0.25, -0.2) is 5.01 Å². The van der Waals surface area contributed by atoms with E-state index in [2.05, 4.69) is 5.32 Å². The summed E-state index contributed by atoms with van der Waals surface area (Å²) in [5.41, 5.74) is 5.56. The molecule has 0 aromatic rings. The molecule has 0 aromatic carbocycles. The summed E-state index contributed by atoms with van der Waals surface area (Å²) < 4.78 is 0. The van der Waals surface area contributed by atoms with Crippen LogP contribution in [0.2, 0.25) is 0 Å². The Kier molecular flexibility index (Phi) is 5.35. The fourth-order valence-corrected chi connectivity index (χ4v) is 3.25. The Morgan fingerprint density at radius 2 is 1.87 bits per heavy atom. The smallest absolute Gasteiger partial charge is 0.264 e. The van der Waals surface area contributed by atoms with Gasteiger partial charge in [-0.05, 0) is 25.7 Å². The number of piperazine rings is 1. The molecule has 0 aromatic heterocycles. The van der Waals surface area contributed by atoms with E-state index in [4.69, 9.17) is 5.73 Å². The van der Waals surface area contributed by atoms with E-state index in [0.29, 0.717) is 5.01 Å². The Balaban J connectivity index is 2.25. The standard InChI is InChI=1S/C15H24N4O4/c1-9(16)14(22)19(10(2)20)18-8-12(21)17-13(15(18)23)11-6-4-3-5-7-11/h9,11,13H,3-8,16H2,1-2H3,(H,17,21). The lowest BCUT2D eigenvalue weighted by Gasteiger charge is -2.41. The van der Waals surface area contributed by atoms with Gasteiger partial charge in [0.2, 0.25) is 11.8 Å². The average molecular weight is 324 g/mol. The molecule has 2 atom stereocenters. The third kappa shape index (κ3) is 3.69. The third-order valence-electron chi connectivity index (χ3n) is 4.39. The number of hydrogen-bond acceptors (Lipinski definition) is 5. The quantitative estimate of drug-likeness (QED) is 0.729. The molecule has 3 N–H and O–H groups in total. The SMILES string of the molecule is CC(=O)N(C(=O)C(C)N)N1CC(=O)NC(C2CCCCC2)C1=O. The molecule has 1 aliphatic carbocycles. The van der Waals surface area contributed by atoms with Gasteiger partial charge in [0.05, 0.1) is 6.04 Å². The van der Waals surface area contributed by atoms with Crippen molar-refractivity contribution in [3.63, 3.8) is 0 Å². The minimum absolute atomic E-state index is 0.0437. The van der Waals surface area contributed by atoms with Gasteiger partial charge < -0.3 is 11.1 Å². The maximum Gasteiger partial charge on any atom is 0.264 e. The number of amides is 4. The maximum absolute atomic E-state index is 12.8. The molecule has 23 heavy (non-hydrogen) atoms. The van der Waals surface area contributed by atoms with Gasteiger partial charge in [0.25, 0.3) is 11.8 Å². The summed E-state index contributed by atoms with van der Waals surface area (Å²) in [6.45, 7) is 2.27. The Morgan fingerprint density at radius 1 is 1.26 bits per heavy atom. The highest BCUT2D eigenvalue weighted by Crippen LogP contribution is 2.28. The second-order valence-corrected chi connectivity index (χ2v) is 6.30. The largest absolute Gasteiger partial charge is 0.342 e. The Labute approximate surface area is 135 Å². The first-order chi connectivity index (χ1) is 10.8. The molecule has 8 nitrogen and oxygen atoms in total. The van der Waals surface area contributed by atoms with Crippen LogP contribution in [0.5, 0.6) is 0 Å². The Hall–Kier alpha value is -1.96. The van der Waals surface area contributed by atoms with Crippen LogP contribution in [0.25, 0.3) is 0 Å². The van der Waals surface area contributed by atoms with E-state index in [-0.39, 0.29) is 18.4 Å². The minimum atomic E-state index is -0.940. The highest BCUT2D eigenvalue weighted by molar-refractivity contribution is 6.02. The number of imide groups is 1. The van der Waals surface area contributed by atoms with Gasteiger partial charge in [-0.2, -0.15) is 5.01 Å². The summed E-state index contributed by atoms with van der Waals surface area (Å²) in [5, 5.41) is 4.38. The summed E-state index contributed by atoms with van der Waals surface area (Å²) in [7, 11) is 0. The fraction of sp³-hybridized carbons (Fsp3) is 0.733. The van der Waals surface area contributed by atoms with Gasteiger partial charge in [-0.1, -0.05) is 19.3 Å².